The first-order chi connectivity index (χ1) is 9.73. The summed E-state index contributed by atoms with van der Waals surface area (Å²) in [6.07, 6.45) is 0. The Labute approximate surface area is 128 Å². The molecule has 2 nitrogen and oxygen atoms in total. The number of carbonyl (C=O) groups excluding carboxylic acids is 1. The van der Waals surface area contributed by atoms with Gasteiger partial charge in [0.05, 0.1) is 10.3 Å². The first-order valence-electron chi connectivity index (χ1n) is 6.77. The molecule has 0 radical (unpaired) electrons. The molecule has 2 aromatic rings. The predicted octanol–water partition coefficient (Wildman–Crippen LogP) is 4.74. The molecular formula is C17H19FO2S. The molecule has 2 rings (SSSR count). The second-order valence-corrected chi connectivity index (χ2v) is 7.10. The molecule has 1 unspecified atom stereocenters. The van der Waals surface area contributed by atoms with Gasteiger partial charge in [-0.1, -0.05) is 18.2 Å². The summed E-state index contributed by atoms with van der Waals surface area (Å²) in [5.74, 6) is -0.600. The van der Waals surface area contributed by atoms with Crippen molar-refractivity contribution in [1.82, 2.24) is 0 Å². The molecule has 0 amide bonds. The highest BCUT2D eigenvalue weighted by Gasteiger charge is 2.37. The van der Waals surface area contributed by atoms with Crippen LogP contribution in [0, 0.1) is 11.2 Å². The molecule has 1 heterocycles. The molecule has 0 saturated heterocycles. The van der Waals surface area contributed by atoms with E-state index in [1.165, 1.54) is 23.5 Å². The Morgan fingerprint density at radius 3 is 2.19 bits per heavy atom. The van der Waals surface area contributed by atoms with Gasteiger partial charge in [-0.05, 0) is 51.3 Å². The molecule has 21 heavy (non-hydrogen) atoms. The number of hydrogen-bond donors (Lipinski definition) is 0. The van der Waals surface area contributed by atoms with E-state index in [1.54, 1.807) is 12.1 Å². The van der Waals surface area contributed by atoms with Crippen molar-refractivity contribution in [3.05, 3.63) is 58.0 Å². The van der Waals surface area contributed by atoms with Gasteiger partial charge in [0, 0.05) is 5.56 Å². The van der Waals surface area contributed by atoms with Crippen LogP contribution in [0.4, 0.5) is 4.39 Å². The van der Waals surface area contributed by atoms with Crippen LogP contribution in [0.15, 0.2) is 41.8 Å². The largest absolute Gasteiger partial charge is 0.448 e. The third-order valence-electron chi connectivity index (χ3n) is 3.30. The highest BCUT2D eigenvalue weighted by Crippen LogP contribution is 2.38. The van der Waals surface area contributed by atoms with Crippen LogP contribution in [0.2, 0.25) is 0 Å². The molecule has 0 aliphatic rings. The van der Waals surface area contributed by atoms with E-state index >= 15 is 0 Å². The summed E-state index contributed by atoms with van der Waals surface area (Å²) in [6, 6.07) is 9.91. The van der Waals surface area contributed by atoms with Gasteiger partial charge in [-0.3, -0.25) is 4.79 Å². The highest BCUT2D eigenvalue weighted by molar-refractivity contribution is 7.10. The van der Waals surface area contributed by atoms with E-state index in [0.29, 0.717) is 0 Å². The minimum atomic E-state index is -0.910. The second-order valence-electron chi connectivity index (χ2n) is 6.16. The van der Waals surface area contributed by atoms with E-state index in [0.717, 1.165) is 10.4 Å². The normalized spacial score (nSPS) is 14.5. The Bertz CT molecular complexity index is 611. The number of benzene rings is 1. The molecule has 0 saturated carbocycles. The summed E-state index contributed by atoms with van der Waals surface area (Å²) in [5, 5.41) is 1.93. The molecule has 0 N–H and O–H groups in total. The Kier molecular flexibility index (Phi) is 4.19. The Balaban J connectivity index is 2.45. The third-order valence-corrected chi connectivity index (χ3v) is 4.37. The summed E-state index contributed by atoms with van der Waals surface area (Å²) >= 11 is 1.51. The van der Waals surface area contributed by atoms with Crippen LogP contribution in [0.1, 0.15) is 38.1 Å². The molecule has 1 aromatic carbocycles. The maximum Gasteiger partial charge on any atom is 0.312 e. The average molecular weight is 306 g/mol. The van der Waals surface area contributed by atoms with Crippen LogP contribution in [0.5, 0.6) is 0 Å². The van der Waals surface area contributed by atoms with Crippen molar-refractivity contribution in [2.45, 2.75) is 33.3 Å². The molecule has 0 fully saturated rings. The fourth-order valence-corrected chi connectivity index (χ4v) is 2.75. The predicted molar refractivity (Wildman–Crippen MR) is 82.7 cm³/mol. The van der Waals surface area contributed by atoms with E-state index in [9.17, 15) is 9.18 Å². The summed E-state index contributed by atoms with van der Waals surface area (Å²) in [4.78, 5) is 13.2. The lowest BCUT2D eigenvalue weighted by Crippen LogP contribution is -2.35. The summed E-state index contributed by atoms with van der Waals surface area (Å²) in [6.45, 7) is 7.29. The first kappa shape index (κ1) is 15.7. The lowest BCUT2D eigenvalue weighted by Gasteiger charge is -2.32. The molecule has 0 aliphatic carbocycles. The fraction of sp³-hybridized carbons (Fsp3) is 0.353. The van der Waals surface area contributed by atoms with Crippen molar-refractivity contribution in [3.8, 4) is 0 Å². The van der Waals surface area contributed by atoms with Crippen LogP contribution >= 0.6 is 11.3 Å². The summed E-state index contributed by atoms with van der Waals surface area (Å²) in [7, 11) is 0. The number of carbonyl (C=O) groups is 1. The van der Waals surface area contributed by atoms with Crippen LogP contribution in [0.25, 0.3) is 0 Å². The summed E-state index contributed by atoms with van der Waals surface area (Å²) in [5.41, 5.74) is -0.755. The van der Waals surface area contributed by atoms with Gasteiger partial charge in [0.2, 0.25) is 0 Å². The minimum absolute atomic E-state index is 0.289. The fourth-order valence-electron chi connectivity index (χ4n) is 1.91. The van der Waals surface area contributed by atoms with Gasteiger partial charge in [0.25, 0.3) is 0 Å². The van der Waals surface area contributed by atoms with Gasteiger partial charge in [-0.25, -0.2) is 4.39 Å². The zero-order chi connectivity index (χ0) is 15.7. The molecule has 0 aliphatic heterocycles. The Morgan fingerprint density at radius 1 is 1.10 bits per heavy atom. The quantitative estimate of drug-likeness (QED) is 0.766. The van der Waals surface area contributed by atoms with Crippen molar-refractivity contribution in [2.24, 2.45) is 5.41 Å². The standard InChI is InChI=1S/C17H19FO2S/c1-16(2,3)15(19)20-17(4,14-6-5-11-21-14)12-7-9-13(18)10-8-12/h5-11H,1-4H3. The van der Waals surface area contributed by atoms with E-state index in [-0.39, 0.29) is 11.8 Å². The number of ether oxygens (including phenoxy) is 1. The van der Waals surface area contributed by atoms with Gasteiger partial charge in [-0.15, -0.1) is 11.3 Å². The van der Waals surface area contributed by atoms with Crippen LogP contribution in [-0.2, 0) is 15.1 Å². The second kappa shape index (κ2) is 5.60. The number of rotatable bonds is 3. The van der Waals surface area contributed by atoms with Gasteiger partial charge >= 0.3 is 5.97 Å². The van der Waals surface area contributed by atoms with Crippen LogP contribution in [0.3, 0.4) is 0 Å². The molecular weight excluding hydrogens is 287 g/mol. The molecule has 0 bridgehead atoms. The monoisotopic (exact) mass is 306 g/mol. The van der Waals surface area contributed by atoms with Crippen LogP contribution < -0.4 is 0 Å². The van der Waals surface area contributed by atoms with E-state index in [4.69, 9.17) is 4.74 Å². The average Bonchev–Trinajstić information content (AvgIpc) is 2.92. The molecule has 1 aromatic heterocycles. The smallest absolute Gasteiger partial charge is 0.312 e. The van der Waals surface area contributed by atoms with Gasteiger partial charge in [-0.2, -0.15) is 0 Å². The zero-order valence-corrected chi connectivity index (χ0v) is 13.5. The Morgan fingerprint density at radius 2 is 1.71 bits per heavy atom. The molecule has 0 spiro atoms. The van der Waals surface area contributed by atoms with Gasteiger partial charge in [0.1, 0.15) is 5.82 Å². The molecule has 4 heteroatoms. The van der Waals surface area contributed by atoms with Crippen molar-refractivity contribution < 1.29 is 13.9 Å². The topological polar surface area (TPSA) is 26.3 Å². The van der Waals surface area contributed by atoms with Gasteiger partial charge in [0.15, 0.2) is 5.60 Å². The van der Waals surface area contributed by atoms with Crippen molar-refractivity contribution >= 4 is 17.3 Å². The molecule has 1 atom stereocenters. The lowest BCUT2D eigenvalue weighted by molar-refractivity contribution is -0.164. The van der Waals surface area contributed by atoms with E-state index < -0.39 is 11.0 Å². The Hall–Kier alpha value is -1.68. The van der Waals surface area contributed by atoms with E-state index in [1.807, 2.05) is 45.2 Å². The van der Waals surface area contributed by atoms with Crippen LogP contribution in [-0.4, -0.2) is 5.97 Å². The van der Waals surface area contributed by atoms with Crippen molar-refractivity contribution in [3.63, 3.8) is 0 Å². The lowest BCUT2D eigenvalue weighted by atomic mass is 9.92. The third kappa shape index (κ3) is 3.32. The maximum atomic E-state index is 13.2. The minimum Gasteiger partial charge on any atom is -0.448 e. The van der Waals surface area contributed by atoms with Crippen molar-refractivity contribution in [1.29, 1.82) is 0 Å². The van der Waals surface area contributed by atoms with Crippen molar-refractivity contribution in [2.75, 3.05) is 0 Å². The van der Waals surface area contributed by atoms with E-state index in [2.05, 4.69) is 0 Å². The SMILES string of the molecule is CC(C)(C)C(=O)OC(C)(c1ccc(F)cc1)c1cccs1. The number of esters is 1. The number of thiophene rings is 1. The van der Waals surface area contributed by atoms with Gasteiger partial charge < -0.3 is 4.74 Å². The molecule has 112 valence electrons. The highest BCUT2D eigenvalue weighted by atomic mass is 32.1. The summed E-state index contributed by atoms with van der Waals surface area (Å²) < 4.78 is 19.0. The zero-order valence-electron chi connectivity index (χ0n) is 12.6. The number of halogens is 1. The number of hydrogen-bond acceptors (Lipinski definition) is 3. The maximum absolute atomic E-state index is 13.2. The first-order valence-corrected chi connectivity index (χ1v) is 7.65.